The molecule has 5 nitrogen and oxygen atoms in total. The highest BCUT2D eigenvalue weighted by atomic mass is 16.2. The van der Waals surface area contributed by atoms with Crippen molar-refractivity contribution >= 4 is 22.6 Å². The van der Waals surface area contributed by atoms with Gasteiger partial charge in [-0.05, 0) is 31.0 Å². The number of nitrogens with zero attached hydrogens (tertiary/aromatic N) is 2. The molecule has 0 spiro atoms. The van der Waals surface area contributed by atoms with E-state index in [0.29, 0.717) is 11.4 Å². The van der Waals surface area contributed by atoms with Crippen LogP contribution in [0.15, 0.2) is 18.2 Å². The van der Waals surface area contributed by atoms with Gasteiger partial charge in [0.1, 0.15) is 0 Å². The number of likely N-dealkylation sites (tertiary alicyclic amines) is 1. The van der Waals surface area contributed by atoms with Crippen LogP contribution in [-0.4, -0.2) is 34.1 Å². The van der Waals surface area contributed by atoms with Crippen LogP contribution in [0.1, 0.15) is 23.2 Å². The predicted octanol–water partition coefficient (Wildman–Crippen LogP) is 1.38. The topological polar surface area (TPSA) is 75.0 Å². The van der Waals surface area contributed by atoms with Gasteiger partial charge in [0, 0.05) is 24.0 Å². The Kier molecular flexibility index (Phi) is 2.24. The Labute approximate surface area is 98.6 Å². The van der Waals surface area contributed by atoms with Crippen molar-refractivity contribution in [1.29, 1.82) is 0 Å². The van der Waals surface area contributed by atoms with E-state index >= 15 is 0 Å². The number of aromatic amines is 1. The van der Waals surface area contributed by atoms with Crippen molar-refractivity contribution in [1.82, 2.24) is 15.1 Å². The molecule has 3 N–H and O–H groups in total. The zero-order valence-electron chi connectivity index (χ0n) is 9.44. The molecule has 2 heterocycles. The molecule has 17 heavy (non-hydrogen) atoms. The summed E-state index contributed by atoms with van der Waals surface area (Å²) in [6.07, 6.45) is 2.20. The summed E-state index contributed by atoms with van der Waals surface area (Å²) in [5.74, 6) is 0.529. The van der Waals surface area contributed by atoms with Gasteiger partial charge in [-0.2, -0.15) is 5.10 Å². The molecule has 88 valence electrons. The Morgan fingerprint density at radius 3 is 2.88 bits per heavy atom. The van der Waals surface area contributed by atoms with Gasteiger partial charge in [-0.1, -0.05) is 0 Å². The highest BCUT2D eigenvalue weighted by molar-refractivity contribution is 6.00. The molecule has 1 aliphatic heterocycles. The van der Waals surface area contributed by atoms with Crippen molar-refractivity contribution in [2.45, 2.75) is 12.8 Å². The van der Waals surface area contributed by atoms with Crippen LogP contribution >= 0.6 is 0 Å². The SMILES string of the molecule is Nc1n[nH]c2ccc(C(=O)N3CCCC3)cc12. The highest BCUT2D eigenvalue weighted by Crippen LogP contribution is 2.21. The second kappa shape index (κ2) is 3.76. The summed E-state index contributed by atoms with van der Waals surface area (Å²) in [6.45, 7) is 1.72. The molecule has 1 saturated heterocycles. The molecule has 0 aliphatic carbocycles. The van der Waals surface area contributed by atoms with Crippen molar-refractivity contribution < 1.29 is 4.79 Å². The van der Waals surface area contributed by atoms with E-state index in [0.717, 1.165) is 36.8 Å². The van der Waals surface area contributed by atoms with Gasteiger partial charge in [-0.15, -0.1) is 0 Å². The van der Waals surface area contributed by atoms with E-state index in [1.807, 2.05) is 23.1 Å². The van der Waals surface area contributed by atoms with Crippen molar-refractivity contribution in [2.75, 3.05) is 18.8 Å². The third kappa shape index (κ3) is 1.63. The molecule has 5 heteroatoms. The molecule has 1 aromatic heterocycles. The first-order valence-corrected chi connectivity index (χ1v) is 5.78. The van der Waals surface area contributed by atoms with Gasteiger partial charge < -0.3 is 10.6 Å². The van der Waals surface area contributed by atoms with E-state index in [9.17, 15) is 4.79 Å². The van der Waals surface area contributed by atoms with Crippen LogP contribution in [0.25, 0.3) is 10.9 Å². The molecule has 2 aromatic rings. The number of aromatic nitrogens is 2. The molecule has 0 saturated carbocycles. The maximum atomic E-state index is 12.2. The number of carbonyl (C=O) groups excluding carboxylic acids is 1. The summed E-state index contributed by atoms with van der Waals surface area (Å²) in [5, 5.41) is 7.56. The molecule has 0 atom stereocenters. The van der Waals surface area contributed by atoms with Crippen LogP contribution < -0.4 is 5.73 Å². The van der Waals surface area contributed by atoms with Crippen LogP contribution in [0.5, 0.6) is 0 Å². The van der Waals surface area contributed by atoms with E-state index in [-0.39, 0.29) is 5.91 Å². The highest BCUT2D eigenvalue weighted by Gasteiger charge is 2.19. The normalized spacial score (nSPS) is 15.6. The van der Waals surface area contributed by atoms with Crippen LogP contribution in [0.3, 0.4) is 0 Å². The number of nitrogen functional groups attached to an aromatic ring is 1. The van der Waals surface area contributed by atoms with Gasteiger partial charge in [-0.25, -0.2) is 0 Å². The number of nitrogens with one attached hydrogen (secondary N) is 1. The second-order valence-electron chi connectivity index (χ2n) is 4.37. The Morgan fingerprint density at radius 2 is 2.12 bits per heavy atom. The number of hydrogen-bond acceptors (Lipinski definition) is 3. The summed E-state index contributed by atoms with van der Waals surface area (Å²) < 4.78 is 0. The Bertz CT molecular complexity index is 569. The van der Waals surface area contributed by atoms with E-state index in [1.165, 1.54) is 0 Å². The fourth-order valence-electron chi connectivity index (χ4n) is 2.27. The van der Waals surface area contributed by atoms with Crippen LogP contribution in [0.4, 0.5) is 5.82 Å². The average molecular weight is 230 g/mol. The standard InChI is InChI=1S/C12H14N4O/c13-11-9-7-8(3-4-10(9)14-15-11)12(17)16-5-1-2-6-16/h3-4,7H,1-2,5-6H2,(H3,13,14,15). The lowest BCUT2D eigenvalue weighted by Gasteiger charge is -2.14. The van der Waals surface area contributed by atoms with Gasteiger partial charge in [0.25, 0.3) is 5.91 Å². The summed E-state index contributed by atoms with van der Waals surface area (Å²) >= 11 is 0. The number of anilines is 1. The molecule has 1 aliphatic rings. The number of hydrogen-bond donors (Lipinski definition) is 2. The molecule has 1 fully saturated rings. The number of carbonyl (C=O) groups is 1. The summed E-state index contributed by atoms with van der Waals surface area (Å²) in [4.78, 5) is 14.1. The van der Waals surface area contributed by atoms with Gasteiger partial charge >= 0.3 is 0 Å². The third-order valence-electron chi connectivity index (χ3n) is 3.23. The number of amides is 1. The van der Waals surface area contributed by atoms with E-state index in [1.54, 1.807) is 0 Å². The summed E-state index contributed by atoms with van der Waals surface area (Å²) in [6, 6.07) is 5.48. The monoisotopic (exact) mass is 230 g/mol. The minimum Gasteiger partial charge on any atom is -0.382 e. The molecule has 3 rings (SSSR count). The molecule has 1 amide bonds. The van der Waals surface area contributed by atoms with Crippen LogP contribution in [0, 0.1) is 0 Å². The van der Waals surface area contributed by atoms with Crippen LogP contribution in [-0.2, 0) is 0 Å². The third-order valence-corrected chi connectivity index (χ3v) is 3.23. The first kappa shape index (κ1) is 10.1. The molecule has 0 unspecified atom stereocenters. The van der Waals surface area contributed by atoms with Gasteiger partial charge in [-0.3, -0.25) is 9.89 Å². The largest absolute Gasteiger partial charge is 0.382 e. The molecule has 1 aromatic carbocycles. The van der Waals surface area contributed by atoms with E-state index < -0.39 is 0 Å². The molecular weight excluding hydrogens is 216 g/mol. The number of fused-ring (bicyclic) bond motifs is 1. The van der Waals surface area contributed by atoms with E-state index in [4.69, 9.17) is 5.73 Å². The minimum absolute atomic E-state index is 0.0880. The first-order chi connectivity index (χ1) is 8.25. The van der Waals surface area contributed by atoms with E-state index in [2.05, 4.69) is 10.2 Å². The average Bonchev–Trinajstić information content (AvgIpc) is 2.98. The Hall–Kier alpha value is -2.04. The van der Waals surface area contributed by atoms with Crippen molar-refractivity contribution in [3.05, 3.63) is 23.8 Å². The summed E-state index contributed by atoms with van der Waals surface area (Å²) in [5.41, 5.74) is 7.28. The van der Waals surface area contributed by atoms with Gasteiger partial charge in [0.05, 0.1) is 5.52 Å². The fourth-order valence-corrected chi connectivity index (χ4v) is 2.27. The van der Waals surface area contributed by atoms with Gasteiger partial charge in [0.15, 0.2) is 5.82 Å². The summed E-state index contributed by atoms with van der Waals surface area (Å²) in [7, 11) is 0. The number of rotatable bonds is 1. The van der Waals surface area contributed by atoms with Crippen molar-refractivity contribution in [3.8, 4) is 0 Å². The lowest BCUT2D eigenvalue weighted by Crippen LogP contribution is -2.27. The number of H-pyrrole nitrogens is 1. The zero-order chi connectivity index (χ0) is 11.8. The maximum Gasteiger partial charge on any atom is 0.253 e. The molecular formula is C12H14N4O. The number of benzene rings is 1. The second-order valence-corrected chi connectivity index (χ2v) is 4.37. The quantitative estimate of drug-likeness (QED) is 0.777. The smallest absolute Gasteiger partial charge is 0.253 e. The predicted molar refractivity (Wildman–Crippen MR) is 65.6 cm³/mol. The van der Waals surface area contributed by atoms with Crippen molar-refractivity contribution in [2.24, 2.45) is 0 Å². The minimum atomic E-state index is 0.0880. The lowest BCUT2D eigenvalue weighted by molar-refractivity contribution is 0.0793. The zero-order valence-corrected chi connectivity index (χ0v) is 9.44. The maximum absolute atomic E-state index is 12.2. The van der Waals surface area contributed by atoms with Gasteiger partial charge in [0.2, 0.25) is 0 Å². The molecule has 0 bridgehead atoms. The first-order valence-electron chi connectivity index (χ1n) is 5.78. The van der Waals surface area contributed by atoms with Crippen molar-refractivity contribution in [3.63, 3.8) is 0 Å². The fraction of sp³-hybridized carbons (Fsp3) is 0.333. The Balaban J connectivity index is 1.99. The molecule has 0 radical (unpaired) electrons. The number of nitrogens with two attached hydrogens (primary N) is 1. The van der Waals surface area contributed by atoms with Crippen LogP contribution in [0.2, 0.25) is 0 Å². The Morgan fingerprint density at radius 1 is 1.35 bits per heavy atom. The lowest BCUT2D eigenvalue weighted by atomic mass is 10.1.